The highest BCUT2D eigenvalue weighted by Crippen LogP contribution is 2.31. The van der Waals surface area contributed by atoms with Gasteiger partial charge in [0.05, 0.1) is 4.92 Å². The zero-order valence-electron chi connectivity index (χ0n) is 15.8. The molecule has 0 N–H and O–H groups in total. The van der Waals surface area contributed by atoms with E-state index in [1.165, 1.54) is 18.2 Å². The van der Waals surface area contributed by atoms with Crippen molar-refractivity contribution < 1.29 is 9.72 Å². The number of fused-ring (bicyclic) bond motifs is 1. The predicted molar refractivity (Wildman–Crippen MR) is 115 cm³/mol. The smallest absolute Gasteiger partial charge is 0.270 e. The van der Waals surface area contributed by atoms with Crippen LogP contribution in [0.2, 0.25) is 0 Å². The maximum atomic E-state index is 13.4. The van der Waals surface area contributed by atoms with E-state index in [-0.39, 0.29) is 17.2 Å². The molecular weight excluding hydrogens is 364 g/mol. The second kappa shape index (κ2) is 7.56. The van der Waals surface area contributed by atoms with Gasteiger partial charge in [-0.3, -0.25) is 19.8 Å². The van der Waals surface area contributed by atoms with Crippen molar-refractivity contribution in [1.29, 1.82) is 0 Å². The van der Waals surface area contributed by atoms with Crippen LogP contribution in [0.5, 0.6) is 0 Å². The Morgan fingerprint density at radius 2 is 1.48 bits per heavy atom. The van der Waals surface area contributed by atoms with Crippen molar-refractivity contribution in [2.75, 3.05) is 4.90 Å². The highest BCUT2D eigenvalue weighted by Gasteiger charge is 2.22. The van der Waals surface area contributed by atoms with Gasteiger partial charge in [-0.25, -0.2) is 0 Å². The molecule has 4 aromatic rings. The number of hydrogen-bond donors (Lipinski definition) is 0. The van der Waals surface area contributed by atoms with Crippen molar-refractivity contribution in [3.8, 4) is 0 Å². The summed E-state index contributed by atoms with van der Waals surface area (Å²) in [5.41, 5.74) is 2.62. The predicted octanol–water partition coefficient (Wildman–Crippen LogP) is 6.03. The minimum atomic E-state index is -0.497. The molecule has 4 aromatic carbocycles. The van der Waals surface area contributed by atoms with E-state index in [0.717, 1.165) is 16.3 Å². The number of anilines is 2. The van der Waals surface area contributed by atoms with Gasteiger partial charge in [0.25, 0.3) is 11.6 Å². The van der Waals surface area contributed by atoms with E-state index < -0.39 is 4.92 Å². The molecule has 0 aliphatic rings. The number of non-ortho nitro benzene ring substituents is 1. The number of nitro groups is 1. The number of amides is 1. The first-order valence-electron chi connectivity index (χ1n) is 9.17. The first-order valence-corrected chi connectivity index (χ1v) is 9.17. The summed E-state index contributed by atoms with van der Waals surface area (Å²) in [7, 11) is 0. The lowest BCUT2D eigenvalue weighted by molar-refractivity contribution is -0.384. The van der Waals surface area contributed by atoms with Crippen LogP contribution in [-0.4, -0.2) is 10.8 Å². The SMILES string of the molecule is Cc1ccc(N(C(=O)c2cccc([N+](=O)[O-])c2)c2ccc3ccccc3c2)cc1. The summed E-state index contributed by atoms with van der Waals surface area (Å²) in [6.45, 7) is 1.98. The number of carbonyl (C=O) groups excluding carboxylic acids is 1. The third-order valence-corrected chi connectivity index (χ3v) is 4.79. The summed E-state index contributed by atoms with van der Waals surface area (Å²) in [6, 6.07) is 27.1. The molecule has 0 aliphatic heterocycles. The summed E-state index contributed by atoms with van der Waals surface area (Å²) < 4.78 is 0. The standard InChI is InChI=1S/C24H18N2O3/c1-17-9-12-21(13-10-17)25(22-14-11-18-5-2-3-6-19(18)15-22)24(27)20-7-4-8-23(16-20)26(28)29/h2-16H,1H3. The number of aryl methyl sites for hydroxylation is 1. The van der Waals surface area contributed by atoms with Crippen LogP contribution in [0.15, 0.2) is 91.0 Å². The maximum Gasteiger partial charge on any atom is 0.270 e. The Kier molecular flexibility index (Phi) is 4.79. The van der Waals surface area contributed by atoms with Crippen LogP contribution >= 0.6 is 0 Å². The Morgan fingerprint density at radius 3 is 2.21 bits per heavy atom. The van der Waals surface area contributed by atoms with Crippen molar-refractivity contribution in [3.63, 3.8) is 0 Å². The normalized spacial score (nSPS) is 10.7. The molecule has 29 heavy (non-hydrogen) atoms. The number of hydrogen-bond acceptors (Lipinski definition) is 3. The fourth-order valence-corrected chi connectivity index (χ4v) is 3.27. The molecule has 5 heteroatoms. The summed E-state index contributed by atoms with van der Waals surface area (Å²) in [5, 5.41) is 13.2. The average molecular weight is 382 g/mol. The Balaban J connectivity index is 1.85. The third kappa shape index (κ3) is 3.71. The lowest BCUT2D eigenvalue weighted by atomic mass is 10.1. The molecular formula is C24H18N2O3. The van der Waals surface area contributed by atoms with Gasteiger partial charge >= 0.3 is 0 Å². The van der Waals surface area contributed by atoms with E-state index in [1.54, 1.807) is 11.0 Å². The van der Waals surface area contributed by atoms with Gasteiger partial charge in [-0.2, -0.15) is 0 Å². The zero-order chi connectivity index (χ0) is 20.4. The van der Waals surface area contributed by atoms with Crippen LogP contribution in [0, 0.1) is 17.0 Å². The molecule has 1 amide bonds. The summed E-state index contributed by atoms with van der Waals surface area (Å²) in [5.74, 6) is -0.326. The van der Waals surface area contributed by atoms with Gasteiger partial charge in [0.1, 0.15) is 0 Å². The van der Waals surface area contributed by atoms with Gasteiger partial charge in [-0.05, 0) is 48.0 Å². The summed E-state index contributed by atoms with van der Waals surface area (Å²) in [6.07, 6.45) is 0. The van der Waals surface area contributed by atoms with E-state index >= 15 is 0 Å². The summed E-state index contributed by atoms with van der Waals surface area (Å²) in [4.78, 5) is 25.7. The average Bonchev–Trinajstić information content (AvgIpc) is 2.75. The van der Waals surface area contributed by atoms with Crippen molar-refractivity contribution in [2.45, 2.75) is 6.92 Å². The monoisotopic (exact) mass is 382 g/mol. The number of rotatable bonds is 4. The molecule has 0 saturated heterocycles. The second-order valence-corrected chi connectivity index (χ2v) is 6.82. The quantitative estimate of drug-likeness (QED) is 0.319. The fraction of sp³-hybridized carbons (Fsp3) is 0.0417. The van der Waals surface area contributed by atoms with E-state index in [0.29, 0.717) is 11.4 Å². The van der Waals surface area contributed by atoms with Crippen LogP contribution < -0.4 is 4.90 Å². The molecule has 0 saturated carbocycles. The molecule has 0 aromatic heterocycles. The first-order chi connectivity index (χ1) is 14.0. The maximum absolute atomic E-state index is 13.4. The van der Waals surface area contributed by atoms with Crippen LogP contribution in [0.1, 0.15) is 15.9 Å². The van der Waals surface area contributed by atoms with Crippen LogP contribution in [0.25, 0.3) is 10.8 Å². The molecule has 0 heterocycles. The molecule has 5 nitrogen and oxygen atoms in total. The number of nitro benzene ring substituents is 1. The lowest BCUT2D eigenvalue weighted by Gasteiger charge is -2.24. The first kappa shape index (κ1) is 18.4. The highest BCUT2D eigenvalue weighted by molar-refractivity contribution is 6.12. The topological polar surface area (TPSA) is 63.5 Å². The van der Waals surface area contributed by atoms with Gasteiger partial charge in [-0.15, -0.1) is 0 Å². The van der Waals surface area contributed by atoms with Crippen molar-refractivity contribution in [2.24, 2.45) is 0 Å². The van der Waals surface area contributed by atoms with Gasteiger partial charge in [-0.1, -0.05) is 54.1 Å². The van der Waals surface area contributed by atoms with Gasteiger partial charge in [0.2, 0.25) is 0 Å². The minimum Gasteiger partial charge on any atom is -0.277 e. The molecule has 0 fully saturated rings. The lowest BCUT2D eigenvalue weighted by Crippen LogP contribution is -2.26. The van der Waals surface area contributed by atoms with Crippen molar-refractivity contribution in [1.82, 2.24) is 0 Å². The third-order valence-electron chi connectivity index (χ3n) is 4.79. The number of benzene rings is 4. The van der Waals surface area contributed by atoms with Gasteiger partial charge < -0.3 is 0 Å². The number of carbonyl (C=O) groups is 1. The minimum absolute atomic E-state index is 0.113. The largest absolute Gasteiger partial charge is 0.277 e. The Morgan fingerprint density at radius 1 is 0.793 bits per heavy atom. The molecule has 142 valence electrons. The second-order valence-electron chi connectivity index (χ2n) is 6.82. The van der Waals surface area contributed by atoms with E-state index in [4.69, 9.17) is 0 Å². The molecule has 0 bridgehead atoms. The van der Waals surface area contributed by atoms with Gasteiger partial charge in [0.15, 0.2) is 0 Å². The fourth-order valence-electron chi connectivity index (χ4n) is 3.27. The molecule has 0 aliphatic carbocycles. The molecule has 0 unspecified atom stereocenters. The van der Waals surface area contributed by atoms with Crippen LogP contribution in [0.3, 0.4) is 0 Å². The Bertz CT molecular complexity index is 1220. The van der Waals surface area contributed by atoms with E-state index in [1.807, 2.05) is 73.7 Å². The van der Waals surface area contributed by atoms with E-state index in [9.17, 15) is 14.9 Å². The number of nitrogens with zero attached hydrogens (tertiary/aromatic N) is 2. The van der Waals surface area contributed by atoms with Crippen molar-refractivity contribution >= 4 is 33.7 Å². The highest BCUT2D eigenvalue weighted by atomic mass is 16.6. The molecule has 0 radical (unpaired) electrons. The zero-order valence-corrected chi connectivity index (χ0v) is 15.8. The molecule has 4 rings (SSSR count). The molecule has 0 atom stereocenters. The van der Waals surface area contributed by atoms with Crippen molar-refractivity contribution in [3.05, 3.63) is 112 Å². The van der Waals surface area contributed by atoms with Gasteiger partial charge in [0, 0.05) is 29.1 Å². The molecule has 0 spiro atoms. The van der Waals surface area contributed by atoms with Crippen LogP contribution in [0.4, 0.5) is 17.1 Å². The van der Waals surface area contributed by atoms with E-state index in [2.05, 4.69) is 0 Å². The van der Waals surface area contributed by atoms with Crippen LogP contribution in [-0.2, 0) is 0 Å². The Labute approximate surface area is 168 Å². The summed E-state index contributed by atoms with van der Waals surface area (Å²) >= 11 is 0. The Hall–Kier alpha value is -3.99.